The van der Waals surface area contributed by atoms with Crippen molar-refractivity contribution < 1.29 is 53.8 Å². The summed E-state index contributed by atoms with van der Waals surface area (Å²) in [6.45, 7) is -0.142. The number of nitrogens with one attached hydrogen (secondary N) is 1. The Morgan fingerprint density at radius 1 is 0.826 bits per heavy atom. The molecule has 17 heteroatoms. The summed E-state index contributed by atoms with van der Waals surface area (Å²) in [5.41, 5.74) is -5.04. The number of thioether (sulfide) groups is 1. The molecule has 0 aliphatic rings. The SMILES string of the molecule is COc1cc2nc(SCC(=O)Nc3cc(C(F)(F)F)ccc3C(F)(F)F)n(CCc3ccc(C(F)(F)F)cc3)c(=O)c2cc1OC. The highest BCUT2D eigenvalue weighted by Gasteiger charge is 2.37. The van der Waals surface area contributed by atoms with Crippen LogP contribution in [0.25, 0.3) is 10.9 Å². The second-order valence-corrected chi connectivity index (χ2v) is 10.6. The van der Waals surface area contributed by atoms with Crippen molar-refractivity contribution >= 4 is 34.3 Å². The summed E-state index contributed by atoms with van der Waals surface area (Å²) in [5, 5.41) is 1.80. The summed E-state index contributed by atoms with van der Waals surface area (Å²) < 4.78 is 130. The van der Waals surface area contributed by atoms with E-state index in [1.807, 2.05) is 5.32 Å². The van der Waals surface area contributed by atoms with Gasteiger partial charge in [0.05, 0.1) is 53.3 Å². The van der Waals surface area contributed by atoms with Crippen LogP contribution in [0.15, 0.2) is 64.5 Å². The zero-order valence-electron chi connectivity index (χ0n) is 23.7. The van der Waals surface area contributed by atoms with Crippen LogP contribution >= 0.6 is 11.8 Å². The Morgan fingerprint density at radius 2 is 1.41 bits per heavy atom. The highest BCUT2D eigenvalue weighted by Crippen LogP contribution is 2.39. The van der Waals surface area contributed by atoms with Gasteiger partial charge in [-0.15, -0.1) is 0 Å². The van der Waals surface area contributed by atoms with Crippen LogP contribution in [0.2, 0.25) is 0 Å². The van der Waals surface area contributed by atoms with Gasteiger partial charge in [-0.25, -0.2) is 4.98 Å². The van der Waals surface area contributed by atoms with E-state index >= 15 is 0 Å². The Morgan fingerprint density at radius 3 is 1.98 bits per heavy atom. The molecule has 0 aliphatic heterocycles. The van der Waals surface area contributed by atoms with E-state index in [1.54, 1.807) is 0 Å². The number of anilines is 1. The minimum Gasteiger partial charge on any atom is -0.493 e. The zero-order chi connectivity index (χ0) is 34.0. The smallest absolute Gasteiger partial charge is 0.418 e. The van der Waals surface area contributed by atoms with Gasteiger partial charge in [-0.2, -0.15) is 39.5 Å². The minimum atomic E-state index is -5.08. The zero-order valence-corrected chi connectivity index (χ0v) is 24.5. The molecule has 1 amide bonds. The molecule has 0 fully saturated rings. The van der Waals surface area contributed by atoms with E-state index in [9.17, 15) is 49.1 Å². The molecule has 0 unspecified atom stereocenters. The normalized spacial score (nSPS) is 12.3. The highest BCUT2D eigenvalue weighted by molar-refractivity contribution is 7.99. The average Bonchev–Trinajstić information content (AvgIpc) is 2.97. The predicted octanol–water partition coefficient (Wildman–Crippen LogP) is 7.44. The second kappa shape index (κ2) is 13.1. The summed E-state index contributed by atoms with van der Waals surface area (Å²) in [4.78, 5) is 30.7. The van der Waals surface area contributed by atoms with Crippen LogP contribution in [0.1, 0.15) is 22.3 Å². The lowest BCUT2D eigenvalue weighted by atomic mass is 10.1. The predicted molar refractivity (Wildman–Crippen MR) is 150 cm³/mol. The van der Waals surface area contributed by atoms with Gasteiger partial charge < -0.3 is 14.8 Å². The third-order valence-electron chi connectivity index (χ3n) is 6.59. The van der Waals surface area contributed by atoms with Gasteiger partial charge >= 0.3 is 18.5 Å². The number of hydrogen-bond acceptors (Lipinski definition) is 6. The molecule has 0 atom stereocenters. The molecule has 1 heterocycles. The van der Waals surface area contributed by atoms with Crippen molar-refractivity contribution in [1.29, 1.82) is 0 Å². The number of aryl methyl sites for hydroxylation is 1. The van der Waals surface area contributed by atoms with Crippen LogP contribution in [0.4, 0.5) is 45.2 Å². The fourth-order valence-corrected chi connectivity index (χ4v) is 5.15. The van der Waals surface area contributed by atoms with E-state index in [1.165, 1.54) is 38.5 Å². The van der Waals surface area contributed by atoms with E-state index in [-0.39, 0.29) is 58.7 Å². The number of carbonyl (C=O) groups excluding carboxylic acids is 1. The molecule has 7 nitrogen and oxygen atoms in total. The summed E-state index contributed by atoms with van der Waals surface area (Å²) in [6.07, 6.45) is -14.6. The standard InChI is InChI=1S/C29H22F9N3O4S/c1-44-22-12-18-20(13-23(22)45-2)40-26(41(25(18)43)10-9-15-3-5-16(6-4-15)27(30,31)32)46-14-24(42)39-21-11-17(28(33,34)35)7-8-19(21)29(36,37)38/h3-8,11-13H,9-10,14H2,1-2H3,(H,39,42). The molecule has 1 aromatic heterocycles. The molecule has 246 valence electrons. The summed E-state index contributed by atoms with van der Waals surface area (Å²) in [5.74, 6) is -1.43. The number of hydrogen-bond donors (Lipinski definition) is 1. The molecule has 0 aliphatic carbocycles. The molecule has 4 aromatic rings. The first-order valence-electron chi connectivity index (χ1n) is 13.0. The molecule has 46 heavy (non-hydrogen) atoms. The molecule has 1 N–H and O–H groups in total. The van der Waals surface area contributed by atoms with Gasteiger partial charge in [0.2, 0.25) is 5.91 Å². The molecular weight excluding hydrogens is 657 g/mol. The number of rotatable bonds is 9. The maximum Gasteiger partial charge on any atom is 0.418 e. The van der Waals surface area contributed by atoms with Gasteiger partial charge in [-0.05, 0) is 48.4 Å². The van der Waals surface area contributed by atoms with E-state index in [0.717, 1.165) is 16.7 Å². The number of amides is 1. The topological polar surface area (TPSA) is 82.5 Å². The number of nitrogens with zero attached hydrogens (tertiary/aromatic N) is 2. The maximum atomic E-state index is 13.6. The van der Waals surface area contributed by atoms with Crippen LogP contribution in [-0.4, -0.2) is 35.4 Å². The first kappa shape index (κ1) is 34.5. The monoisotopic (exact) mass is 679 g/mol. The quantitative estimate of drug-likeness (QED) is 0.113. The number of ether oxygens (including phenoxy) is 2. The molecule has 0 saturated carbocycles. The first-order valence-corrected chi connectivity index (χ1v) is 13.9. The minimum absolute atomic E-state index is 0.0391. The number of fused-ring (bicyclic) bond motifs is 1. The van der Waals surface area contributed by atoms with E-state index in [0.29, 0.717) is 17.3 Å². The van der Waals surface area contributed by atoms with Gasteiger partial charge in [0, 0.05) is 12.6 Å². The Bertz CT molecular complexity index is 1800. The summed E-state index contributed by atoms with van der Waals surface area (Å²) in [7, 11) is 2.66. The lowest BCUT2D eigenvalue weighted by Crippen LogP contribution is -2.25. The van der Waals surface area contributed by atoms with Crippen molar-refractivity contribution in [3.8, 4) is 11.5 Å². The van der Waals surface area contributed by atoms with Crippen LogP contribution in [0.3, 0.4) is 0 Å². The number of aromatic nitrogens is 2. The van der Waals surface area contributed by atoms with Crippen molar-refractivity contribution in [2.75, 3.05) is 25.3 Å². The van der Waals surface area contributed by atoms with Crippen LogP contribution in [0, 0.1) is 0 Å². The lowest BCUT2D eigenvalue weighted by molar-refractivity contribution is -0.141. The highest BCUT2D eigenvalue weighted by atomic mass is 32.2. The Balaban J connectivity index is 1.67. The Kier molecular flexibility index (Phi) is 9.84. The van der Waals surface area contributed by atoms with E-state index in [4.69, 9.17) is 9.47 Å². The molecular formula is C29H22F9N3O4S. The number of carbonyl (C=O) groups is 1. The van der Waals surface area contributed by atoms with Gasteiger partial charge in [0.1, 0.15) is 0 Å². The Labute approximate surface area is 258 Å². The van der Waals surface area contributed by atoms with Crippen LogP contribution in [0.5, 0.6) is 11.5 Å². The van der Waals surface area contributed by atoms with Gasteiger partial charge in [0.15, 0.2) is 16.7 Å². The molecule has 4 rings (SSSR count). The number of benzene rings is 3. The molecule has 0 radical (unpaired) electrons. The molecule has 0 spiro atoms. The van der Waals surface area contributed by atoms with Gasteiger partial charge in [-0.1, -0.05) is 23.9 Å². The Hall–Kier alpha value is -4.41. The van der Waals surface area contributed by atoms with Crippen molar-refractivity contribution in [2.45, 2.75) is 36.7 Å². The number of alkyl halides is 9. The van der Waals surface area contributed by atoms with Crippen molar-refractivity contribution in [3.63, 3.8) is 0 Å². The van der Waals surface area contributed by atoms with Gasteiger partial charge in [-0.3, -0.25) is 14.2 Å². The third-order valence-corrected chi connectivity index (χ3v) is 7.56. The van der Waals surface area contributed by atoms with Crippen molar-refractivity contribution in [3.05, 3.63) is 87.2 Å². The number of methoxy groups -OCH3 is 2. The summed E-state index contributed by atoms with van der Waals surface area (Å²) in [6, 6.07) is 7.53. The fourth-order valence-electron chi connectivity index (χ4n) is 4.32. The summed E-state index contributed by atoms with van der Waals surface area (Å²) >= 11 is 0.606. The average molecular weight is 680 g/mol. The van der Waals surface area contributed by atoms with Crippen molar-refractivity contribution in [1.82, 2.24) is 9.55 Å². The lowest BCUT2D eigenvalue weighted by Gasteiger charge is -2.17. The molecule has 0 bridgehead atoms. The van der Waals surface area contributed by atoms with Crippen LogP contribution < -0.4 is 20.3 Å². The van der Waals surface area contributed by atoms with Crippen molar-refractivity contribution in [2.24, 2.45) is 0 Å². The first-order chi connectivity index (χ1) is 21.4. The largest absolute Gasteiger partial charge is 0.493 e. The van der Waals surface area contributed by atoms with Gasteiger partial charge in [0.25, 0.3) is 5.56 Å². The van der Waals surface area contributed by atoms with E-state index in [2.05, 4.69) is 4.98 Å². The maximum absolute atomic E-state index is 13.6. The number of halogens is 9. The molecule has 0 saturated heterocycles. The molecule has 3 aromatic carbocycles. The van der Waals surface area contributed by atoms with Crippen LogP contribution in [-0.2, 0) is 36.3 Å². The fraction of sp³-hybridized carbons (Fsp3) is 0.276. The second-order valence-electron chi connectivity index (χ2n) is 9.61. The third kappa shape index (κ3) is 7.86. The van der Waals surface area contributed by atoms with E-state index < -0.39 is 58.1 Å².